The molecule has 0 N–H and O–H groups in total. The van der Waals surface area contributed by atoms with Gasteiger partial charge in [-0.2, -0.15) is 0 Å². The van der Waals surface area contributed by atoms with Crippen LogP contribution in [0, 0.1) is 0 Å². The lowest BCUT2D eigenvalue weighted by atomic mass is 10.3. The summed E-state index contributed by atoms with van der Waals surface area (Å²) in [6.45, 7) is 0. The highest BCUT2D eigenvalue weighted by Gasteiger charge is 2.26. The van der Waals surface area contributed by atoms with Gasteiger partial charge in [-0.05, 0) is 18.9 Å². The van der Waals surface area contributed by atoms with E-state index in [9.17, 15) is 8.42 Å². The Morgan fingerprint density at radius 3 is 2.69 bits per heavy atom. The Morgan fingerprint density at radius 1 is 1.46 bits per heavy atom. The lowest BCUT2D eigenvalue weighted by Gasteiger charge is -1.99. The molecular weight excluding hydrogens is 188 g/mol. The maximum atomic E-state index is 11.1. The summed E-state index contributed by atoms with van der Waals surface area (Å²) >= 11 is 0. The minimum Gasteiger partial charge on any atom is -0.227 e. The van der Waals surface area contributed by atoms with Crippen molar-refractivity contribution in [2.24, 2.45) is 0 Å². The van der Waals surface area contributed by atoms with Gasteiger partial charge in [-0.25, -0.2) is 18.4 Å². The third-order valence-electron chi connectivity index (χ3n) is 1.98. The molecule has 0 spiro atoms. The van der Waals surface area contributed by atoms with Crippen LogP contribution in [-0.2, 0) is 9.84 Å². The molecule has 1 heterocycles. The van der Waals surface area contributed by atoms with Gasteiger partial charge in [-0.3, -0.25) is 0 Å². The number of nitrogens with zero attached hydrogens (tertiary/aromatic N) is 2. The monoisotopic (exact) mass is 198 g/mol. The van der Waals surface area contributed by atoms with Crippen LogP contribution in [0.25, 0.3) is 0 Å². The molecule has 0 bridgehead atoms. The van der Waals surface area contributed by atoms with Gasteiger partial charge in [0.1, 0.15) is 0 Å². The molecule has 0 radical (unpaired) electrons. The second-order valence-corrected chi connectivity index (χ2v) is 5.22. The first-order valence-electron chi connectivity index (χ1n) is 4.10. The summed E-state index contributed by atoms with van der Waals surface area (Å²) in [6, 6.07) is 1.78. The molecule has 0 saturated heterocycles. The zero-order valence-electron chi connectivity index (χ0n) is 7.27. The maximum absolute atomic E-state index is 11.1. The molecular formula is C8H10N2O2S. The van der Waals surface area contributed by atoms with E-state index in [1.807, 2.05) is 0 Å². The molecule has 1 saturated carbocycles. The van der Waals surface area contributed by atoms with Gasteiger partial charge in [0.15, 0.2) is 0 Å². The van der Waals surface area contributed by atoms with Crippen LogP contribution < -0.4 is 0 Å². The van der Waals surface area contributed by atoms with Gasteiger partial charge in [0.25, 0.3) is 0 Å². The Kier molecular flexibility index (Phi) is 1.83. The van der Waals surface area contributed by atoms with Crippen LogP contribution in [0.2, 0.25) is 0 Å². The van der Waals surface area contributed by atoms with E-state index in [-0.39, 0.29) is 5.16 Å². The first-order valence-corrected chi connectivity index (χ1v) is 5.99. The third kappa shape index (κ3) is 1.85. The van der Waals surface area contributed by atoms with E-state index < -0.39 is 9.84 Å². The molecule has 1 aliphatic rings. The highest BCUT2D eigenvalue weighted by molar-refractivity contribution is 7.90. The smallest absolute Gasteiger partial charge is 0.227 e. The molecule has 13 heavy (non-hydrogen) atoms. The van der Waals surface area contributed by atoms with Gasteiger partial charge < -0.3 is 0 Å². The van der Waals surface area contributed by atoms with Gasteiger partial charge >= 0.3 is 0 Å². The molecule has 1 fully saturated rings. The van der Waals surface area contributed by atoms with Crippen molar-refractivity contribution in [1.29, 1.82) is 0 Å². The minimum absolute atomic E-state index is 0.0584. The molecule has 5 heteroatoms. The van der Waals surface area contributed by atoms with Gasteiger partial charge in [0.05, 0.1) is 0 Å². The summed E-state index contributed by atoms with van der Waals surface area (Å²) in [7, 11) is -3.25. The zero-order valence-corrected chi connectivity index (χ0v) is 8.08. The van der Waals surface area contributed by atoms with Crippen molar-refractivity contribution >= 4 is 9.84 Å². The molecule has 4 nitrogen and oxygen atoms in total. The van der Waals surface area contributed by atoms with Crippen LogP contribution in [-0.4, -0.2) is 24.6 Å². The lowest BCUT2D eigenvalue weighted by Crippen LogP contribution is -2.05. The molecule has 0 aromatic carbocycles. The molecule has 0 amide bonds. The first-order chi connectivity index (χ1) is 6.07. The first kappa shape index (κ1) is 8.62. The summed E-state index contributed by atoms with van der Waals surface area (Å²) in [5, 5.41) is -0.0584. The quantitative estimate of drug-likeness (QED) is 0.658. The van der Waals surface area contributed by atoms with E-state index in [1.165, 1.54) is 6.20 Å². The van der Waals surface area contributed by atoms with Gasteiger partial charge in [-0.1, -0.05) is 0 Å². The van der Waals surface area contributed by atoms with Gasteiger partial charge in [0, 0.05) is 24.1 Å². The summed E-state index contributed by atoms with van der Waals surface area (Å²) in [6.07, 6.45) is 4.86. The predicted octanol–water partition coefficient (Wildman–Crippen LogP) is 0.758. The van der Waals surface area contributed by atoms with Gasteiger partial charge in [0.2, 0.25) is 15.0 Å². The normalized spacial score (nSPS) is 17.3. The number of hydrogen-bond donors (Lipinski definition) is 0. The van der Waals surface area contributed by atoms with Crippen LogP contribution in [0.1, 0.15) is 24.5 Å². The highest BCUT2D eigenvalue weighted by Crippen LogP contribution is 2.38. The Bertz CT molecular complexity index is 424. The van der Waals surface area contributed by atoms with Crippen LogP contribution in [0.15, 0.2) is 17.4 Å². The fourth-order valence-electron chi connectivity index (χ4n) is 1.14. The van der Waals surface area contributed by atoms with Crippen molar-refractivity contribution in [3.8, 4) is 0 Å². The topological polar surface area (TPSA) is 59.9 Å². The summed E-state index contributed by atoms with van der Waals surface area (Å²) in [4.78, 5) is 7.73. The molecule has 2 rings (SSSR count). The van der Waals surface area contributed by atoms with E-state index in [2.05, 4.69) is 9.97 Å². The predicted molar refractivity (Wildman–Crippen MR) is 47.1 cm³/mol. The molecule has 0 aliphatic heterocycles. The molecule has 0 atom stereocenters. The molecule has 1 aliphatic carbocycles. The van der Waals surface area contributed by atoms with Crippen molar-refractivity contribution in [2.45, 2.75) is 23.9 Å². The van der Waals surface area contributed by atoms with E-state index in [4.69, 9.17) is 0 Å². The standard InChI is InChI=1S/C8H10N2O2S/c1-13(11,12)8-9-5-4-7(10-8)6-2-3-6/h4-6H,2-3H2,1H3. The second-order valence-electron chi connectivity index (χ2n) is 3.31. The van der Waals surface area contributed by atoms with Gasteiger partial charge in [-0.15, -0.1) is 0 Å². The second kappa shape index (κ2) is 2.77. The largest absolute Gasteiger partial charge is 0.246 e. The van der Waals surface area contributed by atoms with E-state index in [1.54, 1.807) is 6.07 Å². The van der Waals surface area contributed by atoms with E-state index >= 15 is 0 Å². The van der Waals surface area contributed by atoms with Crippen molar-refractivity contribution in [3.05, 3.63) is 18.0 Å². The average molecular weight is 198 g/mol. The van der Waals surface area contributed by atoms with Crippen LogP contribution in [0.5, 0.6) is 0 Å². The maximum Gasteiger partial charge on any atom is 0.246 e. The summed E-state index contributed by atoms with van der Waals surface area (Å²) in [5.74, 6) is 0.462. The van der Waals surface area contributed by atoms with Crippen LogP contribution in [0.3, 0.4) is 0 Å². The van der Waals surface area contributed by atoms with Crippen LogP contribution >= 0.6 is 0 Å². The Labute approximate surface area is 77.0 Å². The Hall–Kier alpha value is -0.970. The van der Waals surface area contributed by atoms with Crippen LogP contribution in [0.4, 0.5) is 0 Å². The molecule has 1 aromatic heterocycles. The van der Waals surface area contributed by atoms with Crippen molar-refractivity contribution in [1.82, 2.24) is 9.97 Å². The fraction of sp³-hybridized carbons (Fsp3) is 0.500. The molecule has 70 valence electrons. The summed E-state index contributed by atoms with van der Waals surface area (Å²) < 4.78 is 22.2. The summed E-state index contributed by atoms with van der Waals surface area (Å²) in [5.41, 5.74) is 0.857. The zero-order chi connectivity index (χ0) is 9.47. The molecule has 1 aromatic rings. The van der Waals surface area contributed by atoms with Crippen molar-refractivity contribution < 1.29 is 8.42 Å². The average Bonchev–Trinajstić information content (AvgIpc) is 2.85. The Balaban J connectivity index is 2.43. The van der Waals surface area contributed by atoms with Crippen molar-refractivity contribution in [3.63, 3.8) is 0 Å². The number of aromatic nitrogens is 2. The van der Waals surface area contributed by atoms with E-state index in [0.717, 1.165) is 24.8 Å². The molecule has 0 unspecified atom stereocenters. The lowest BCUT2D eigenvalue weighted by molar-refractivity contribution is 0.591. The number of rotatable bonds is 2. The number of hydrogen-bond acceptors (Lipinski definition) is 4. The number of sulfone groups is 1. The highest BCUT2D eigenvalue weighted by atomic mass is 32.2. The third-order valence-corrected chi connectivity index (χ3v) is 2.84. The van der Waals surface area contributed by atoms with E-state index in [0.29, 0.717) is 5.92 Å². The SMILES string of the molecule is CS(=O)(=O)c1nccc(C2CC2)n1. The minimum atomic E-state index is -3.25. The Morgan fingerprint density at radius 2 is 2.15 bits per heavy atom. The van der Waals surface area contributed by atoms with Crippen molar-refractivity contribution in [2.75, 3.05) is 6.26 Å². The fourth-order valence-corrected chi connectivity index (χ4v) is 1.66.